The minimum absolute atomic E-state index is 0.0637. The van der Waals surface area contributed by atoms with Crippen LogP contribution in [-0.4, -0.2) is 36.0 Å². The van der Waals surface area contributed by atoms with E-state index in [0.29, 0.717) is 0 Å². The van der Waals surface area contributed by atoms with Gasteiger partial charge < -0.3 is 15.0 Å². The topological polar surface area (TPSA) is 58.6 Å². The lowest BCUT2D eigenvalue weighted by atomic mass is 9.86. The molecular weight excluding hydrogens is 304 g/mol. The van der Waals surface area contributed by atoms with E-state index in [1.807, 2.05) is 37.4 Å². The average molecular weight is 332 g/mol. The predicted octanol–water partition coefficient (Wildman–Crippen LogP) is 3.34. The van der Waals surface area contributed by atoms with Gasteiger partial charge in [-0.1, -0.05) is 37.3 Å². The SMILES string of the molecule is CC1CCC(N(C)C(=O)C(C)NC(=O)OCc2ccccc2)CC1. The van der Waals surface area contributed by atoms with Gasteiger partial charge in [0.15, 0.2) is 0 Å². The average Bonchev–Trinajstić information content (AvgIpc) is 2.60. The number of rotatable bonds is 5. The van der Waals surface area contributed by atoms with Crippen molar-refractivity contribution in [1.82, 2.24) is 10.2 Å². The van der Waals surface area contributed by atoms with E-state index in [0.717, 1.165) is 37.2 Å². The molecule has 0 aliphatic heterocycles. The van der Waals surface area contributed by atoms with Crippen LogP contribution in [0.4, 0.5) is 4.79 Å². The van der Waals surface area contributed by atoms with E-state index in [1.165, 1.54) is 0 Å². The third kappa shape index (κ3) is 5.25. The van der Waals surface area contributed by atoms with E-state index in [1.54, 1.807) is 11.8 Å². The Morgan fingerprint density at radius 2 is 1.83 bits per heavy atom. The number of likely N-dealkylation sites (N-methyl/N-ethyl adjacent to an activating group) is 1. The molecule has 0 spiro atoms. The molecule has 132 valence electrons. The number of nitrogens with one attached hydrogen (secondary N) is 1. The van der Waals surface area contributed by atoms with Gasteiger partial charge in [0.2, 0.25) is 5.91 Å². The molecule has 1 atom stereocenters. The van der Waals surface area contributed by atoms with Crippen molar-refractivity contribution in [2.24, 2.45) is 5.92 Å². The largest absolute Gasteiger partial charge is 0.445 e. The van der Waals surface area contributed by atoms with Gasteiger partial charge in [-0.2, -0.15) is 0 Å². The molecule has 1 unspecified atom stereocenters. The number of amides is 2. The van der Waals surface area contributed by atoms with Gasteiger partial charge >= 0.3 is 6.09 Å². The number of benzene rings is 1. The Balaban J connectivity index is 1.76. The van der Waals surface area contributed by atoms with E-state index in [2.05, 4.69) is 12.2 Å². The molecule has 1 aliphatic rings. The maximum Gasteiger partial charge on any atom is 0.408 e. The molecule has 0 aromatic heterocycles. The van der Waals surface area contributed by atoms with Crippen LogP contribution >= 0.6 is 0 Å². The molecule has 1 aromatic rings. The number of carbonyl (C=O) groups excluding carboxylic acids is 2. The van der Waals surface area contributed by atoms with Gasteiger partial charge in [0.25, 0.3) is 0 Å². The summed E-state index contributed by atoms with van der Waals surface area (Å²) in [5.41, 5.74) is 0.917. The molecule has 5 heteroatoms. The van der Waals surface area contributed by atoms with Crippen LogP contribution in [0.15, 0.2) is 30.3 Å². The Hall–Kier alpha value is -2.04. The lowest BCUT2D eigenvalue weighted by molar-refractivity contribution is -0.134. The molecule has 1 fully saturated rings. The zero-order valence-corrected chi connectivity index (χ0v) is 14.8. The summed E-state index contributed by atoms with van der Waals surface area (Å²) in [5, 5.41) is 2.63. The van der Waals surface area contributed by atoms with E-state index >= 15 is 0 Å². The lowest BCUT2D eigenvalue weighted by Gasteiger charge is -2.35. The quantitative estimate of drug-likeness (QED) is 0.899. The van der Waals surface area contributed by atoms with Crippen molar-refractivity contribution in [3.05, 3.63) is 35.9 Å². The minimum atomic E-state index is -0.586. The van der Waals surface area contributed by atoms with E-state index < -0.39 is 12.1 Å². The van der Waals surface area contributed by atoms with Gasteiger partial charge in [-0.3, -0.25) is 4.79 Å². The summed E-state index contributed by atoms with van der Waals surface area (Å²) in [5.74, 6) is 0.680. The monoisotopic (exact) mass is 332 g/mol. The molecule has 1 aromatic carbocycles. The highest BCUT2D eigenvalue weighted by atomic mass is 16.5. The smallest absolute Gasteiger partial charge is 0.408 e. The van der Waals surface area contributed by atoms with E-state index in [9.17, 15) is 9.59 Å². The van der Waals surface area contributed by atoms with Crippen LogP contribution in [0.1, 0.15) is 45.1 Å². The van der Waals surface area contributed by atoms with Crippen molar-refractivity contribution in [3.8, 4) is 0 Å². The number of nitrogens with zero attached hydrogens (tertiary/aromatic N) is 1. The number of ether oxygens (including phenoxy) is 1. The van der Waals surface area contributed by atoms with Crippen molar-refractivity contribution in [3.63, 3.8) is 0 Å². The van der Waals surface area contributed by atoms with Gasteiger partial charge in [-0.25, -0.2) is 4.79 Å². The molecular formula is C19H28N2O3. The summed E-state index contributed by atoms with van der Waals surface area (Å²) in [7, 11) is 1.83. The normalized spacial score (nSPS) is 21.6. The Morgan fingerprint density at radius 3 is 2.46 bits per heavy atom. The highest BCUT2D eigenvalue weighted by Gasteiger charge is 2.28. The maximum absolute atomic E-state index is 12.5. The first-order valence-corrected chi connectivity index (χ1v) is 8.71. The molecule has 5 nitrogen and oxygen atoms in total. The fourth-order valence-corrected chi connectivity index (χ4v) is 3.12. The van der Waals surface area contributed by atoms with Gasteiger partial charge in [-0.05, 0) is 44.1 Å². The lowest BCUT2D eigenvalue weighted by Crippen LogP contribution is -2.49. The van der Waals surface area contributed by atoms with E-state index in [4.69, 9.17) is 4.74 Å². The van der Waals surface area contributed by atoms with Crippen LogP contribution in [0.5, 0.6) is 0 Å². The Bertz CT molecular complexity index is 539. The van der Waals surface area contributed by atoms with Crippen LogP contribution in [0.3, 0.4) is 0 Å². The van der Waals surface area contributed by atoms with Crippen LogP contribution in [0, 0.1) is 5.92 Å². The van der Waals surface area contributed by atoms with Crippen molar-refractivity contribution in [2.75, 3.05) is 7.05 Å². The Morgan fingerprint density at radius 1 is 1.21 bits per heavy atom. The summed E-state index contributed by atoms with van der Waals surface area (Å²) in [6.45, 7) is 4.16. The molecule has 0 heterocycles. The first-order chi connectivity index (χ1) is 11.5. The predicted molar refractivity (Wildman–Crippen MR) is 93.4 cm³/mol. The fourth-order valence-electron chi connectivity index (χ4n) is 3.12. The molecule has 24 heavy (non-hydrogen) atoms. The molecule has 0 bridgehead atoms. The second-order valence-electron chi connectivity index (χ2n) is 6.79. The molecule has 1 N–H and O–H groups in total. The Kier molecular flexibility index (Phi) is 6.64. The standard InChI is InChI=1S/C19H28N2O3/c1-14-9-11-17(12-10-14)21(3)18(22)15(2)20-19(23)24-13-16-7-5-4-6-8-16/h4-8,14-15,17H,9-13H2,1-3H3,(H,20,23). The van der Waals surface area contributed by atoms with E-state index in [-0.39, 0.29) is 18.6 Å². The molecule has 0 saturated heterocycles. The van der Waals surface area contributed by atoms with Crippen LogP contribution in [0.25, 0.3) is 0 Å². The van der Waals surface area contributed by atoms with Gasteiger partial charge in [0.05, 0.1) is 0 Å². The molecule has 1 saturated carbocycles. The summed E-state index contributed by atoms with van der Waals surface area (Å²) in [4.78, 5) is 26.1. The number of hydrogen-bond acceptors (Lipinski definition) is 3. The molecule has 2 amide bonds. The zero-order valence-electron chi connectivity index (χ0n) is 14.8. The maximum atomic E-state index is 12.5. The zero-order chi connectivity index (χ0) is 17.5. The highest BCUT2D eigenvalue weighted by molar-refractivity contribution is 5.85. The number of alkyl carbamates (subject to hydrolysis) is 1. The molecule has 0 radical (unpaired) electrons. The first-order valence-electron chi connectivity index (χ1n) is 8.71. The third-order valence-corrected chi connectivity index (χ3v) is 4.80. The first kappa shape index (κ1) is 18.3. The van der Waals surface area contributed by atoms with Crippen molar-refractivity contribution >= 4 is 12.0 Å². The highest BCUT2D eigenvalue weighted by Crippen LogP contribution is 2.26. The van der Waals surface area contributed by atoms with Gasteiger partial charge in [-0.15, -0.1) is 0 Å². The fraction of sp³-hybridized carbons (Fsp3) is 0.579. The third-order valence-electron chi connectivity index (χ3n) is 4.80. The molecule has 1 aliphatic carbocycles. The van der Waals surface area contributed by atoms with Crippen molar-refractivity contribution in [2.45, 2.75) is 58.2 Å². The number of carbonyl (C=O) groups is 2. The summed E-state index contributed by atoms with van der Waals surface area (Å²) in [6, 6.07) is 9.16. The van der Waals surface area contributed by atoms with Gasteiger partial charge in [0.1, 0.15) is 12.6 Å². The summed E-state index contributed by atoms with van der Waals surface area (Å²) < 4.78 is 5.17. The molecule has 2 rings (SSSR count). The summed E-state index contributed by atoms with van der Waals surface area (Å²) >= 11 is 0. The van der Waals surface area contributed by atoms with Crippen LogP contribution in [0.2, 0.25) is 0 Å². The second kappa shape index (κ2) is 8.71. The van der Waals surface area contributed by atoms with Crippen molar-refractivity contribution in [1.29, 1.82) is 0 Å². The second-order valence-corrected chi connectivity index (χ2v) is 6.79. The van der Waals surface area contributed by atoms with Crippen LogP contribution < -0.4 is 5.32 Å². The van der Waals surface area contributed by atoms with Crippen LogP contribution in [-0.2, 0) is 16.1 Å². The van der Waals surface area contributed by atoms with Gasteiger partial charge in [0, 0.05) is 13.1 Å². The Labute approximate surface area is 144 Å². The van der Waals surface area contributed by atoms with Crippen molar-refractivity contribution < 1.29 is 14.3 Å². The summed E-state index contributed by atoms with van der Waals surface area (Å²) in [6.07, 6.45) is 3.82. The minimum Gasteiger partial charge on any atom is -0.445 e. The number of hydrogen-bond donors (Lipinski definition) is 1.